The Balaban J connectivity index is 1.42. The van der Waals surface area contributed by atoms with Gasteiger partial charge in [-0.15, -0.1) is 11.3 Å². The lowest BCUT2D eigenvalue weighted by molar-refractivity contribution is -0.128. The number of piperazine rings is 1. The lowest BCUT2D eigenvalue weighted by atomic mass is 10.1. The van der Waals surface area contributed by atoms with Gasteiger partial charge in [0.2, 0.25) is 11.8 Å². The van der Waals surface area contributed by atoms with Gasteiger partial charge in [0.05, 0.1) is 12.6 Å². The van der Waals surface area contributed by atoms with Crippen LogP contribution in [0.5, 0.6) is 0 Å². The van der Waals surface area contributed by atoms with Crippen LogP contribution in [0, 0.1) is 13.8 Å². The summed E-state index contributed by atoms with van der Waals surface area (Å²) >= 11 is 1.78. The van der Waals surface area contributed by atoms with E-state index in [4.69, 9.17) is 0 Å². The fourth-order valence-corrected chi connectivity index (χ4v) is 4.35. The number of nitrogens with zero attached hydrogens (tertiary/aromatic N) is 2. The SMILES string of the molecule is Cc1cccc(C)c1NC(=O)CNC(=O)[C@@H](C)N1CCN(Cc2cccs2)CC1. The number of hydrogen-bond donors (Lipinski definition) is 2. The monoisotopic (exact) mass is 414 g/mol. The molecule has 2 amide bonds. The number of aryl methyl sites for hydroxylation is 2. The van der Waals surface area contributed by atoms with Crippen molar-refractivity contribution < 1.29 is 9.59 Å². The van der Waals surface area contributed by atoms with Crippen LogP contribution < -0.4 is 10.6 Å². The first kappa shape index (κ1) is 21.5. The maximum Gasteiger partial charge on any atom is 0.243 e. The minimum Gasteiger partial charge on any atom is -0.346 e. The predicted octanol–water partition coefficient (Wildman–Crippen LogP) is 2.63. The van der Waals surface area contributed by atoms with Crippen molar-refractivity contribution in [3.05, 3.63) is 51.7 Å². The summed E-state index contributed by atoms with van der Waals surface area (Å²) in [5, 5.41) is 7.79. The number of benzene rings is 1. The Morgan fingerprint density at radius 2 is 1.76 bits per heavy atom. The first-order valence-corrected chi connectivity index (χ1v) is 10.9. The summed E-state index contributed by atoms with van der Waals surface area (Å²) in [6.07, 6.45) is 0. The summed E-state index contributed by atoms with van der Waals surface area (Å²) in [5.41, 5.74) is 2.85. The summed E-state index contributed by atoms with van der Waals surface area (Å²) < 4.78 is 0. The molecule has 29 heavy (non-hydrogen) atoms. The zero-order chi connectivity index (χ0) is 20.8. The Morgan fingerprint density at radius 1 is 1.07 bits per heavy atom. The normalized spacial score (nSPS) is 16.4. The highest BCUT2D eigenvalue weighted by Crippen LogP contribution is 2.19. The third kappa shape index (κ3) is 5.88. The second-order valence-electron chi connectivity index (χ2n) is 7.60. The smallest absolute Gasteiger partial charge is 0.243 e. The molecule has 2 N–H and O–H groups in total. The molecule has 0 radical (unpaired) electrons. The van der Waals surface area contributed by atoms with Crippen LogP contribution in [0.4, 0.5) is 5.69 Å². The molecule has 1 saturated heterocycles. The molecule has 156 valence electrons. The van der Waals surface area contributed by atoms with Crippen LogP contribution >= 0.6 is 11.3 Å². The summed E-state index contributed by atoms with van der Waals surface area (Å²) in [6.45, 7) is 10.4. The first-order valence-electron chi connectivity index (χ1n) is 10.1. The summed E-state index contributed by atoms with van der Waals surface area (Å²) in [5.74, 6) is -0.308. The van der Waals surface area contributed by atoms with Crippen molar-refractivity contribution in [2.45, 2.75) is 33.4 Å². The van der Waals surface area contributed by atoms with Crippen molar-refractivity contribution in [1.82, 2.24) is 15.1 Å². The highest BCUT2D eigenvalue weighted by atomic mass is 32.1. The summed E-state index contributed by atoms with van der Waals surface area (Å²) in [7, 11) is 0. The molecule has 1 aromatic carbocycles. The van der Waals surface area contributed by atoms with Crippen LogP contribution in [0.1, 0.15) is 22.9 Å². The van der Waals surface area contributed by atoms with Crippen LogP contribution in [-0.2, 0) is 16.1 Å². The van der Waals surface area contributed by atoms with Crippen molar-refractivity contribution in [3.8, 4) is 0 Å². The molecule has 1 aliphatic rings. The Morgan fingerprint density at radius 3 is 2.38 bits per heavy atom. The number of carbonyl (C=O) groups is 2. The second-order valence-corrected chi connectivity index (χ2v) is 8.63. The number of carbonyl (C=O) groups excluding carboxylic acids is 2. The van der Waals surface area contributed by atoms with Gasteiger partial charge in [0, 0.05) is 43.3 Å². The van der Waals surface area contributed by atoms with E-state index in [2.05, 4.69) is 37.9 Å². The van der Waals surface area contributed by atoms with E-state index in [9.17, 15) is 9.59 Å². The topological polar surface area (TPSA) is 64.7 Å². The van der Waals surface area contributed by atoms with Gasteiger partial charge in [0.15, 0.2) is 0 Å². The Hall–Kier alpha value is -2.22. The van der Waals surface area contributed by atoms with Gasteiger partial charge in [-0.1, -0.05) is 24.3 Å². The minimum atomic E-state index is -0.244. The van der Waals surface area contributed by atoms with Gasteiger partial charge in [-0.3, -0.25) is 19.4 Å². The van der Waals surface area contributed by atoms with Gasteiger partial charge in [-0.05, 0) is 43.3 Å². The zero-order valence-electron chi connectivity index (χ0n) is 17.4. The third-order valence-corrected chi connectivity index (χ3v) is 6.32. The number of nitrogens with one attached hydrogen (secondary N) is 2. The quantitative estimate of drug-likeness (QED) is 0.731. The van der Waals surface area contributed by atoms with E-state index in [0.29, 0.717) is 0 Å². The molecule has 1 aliphatic heterocycles. The molecule has 2 heterocycles. The molecule has 0 bridgehead atoms. The van der Waals surface area contributed by atoms with E-state index in [-0.39, 0.29) is 24.4 Å². The van der Waals surface area contributed by atoms with Crippen molar-refractivity contribution >= 4 is 28.8 Å². The molecule has 2 aromatic rings. The van der Waals surface area contributed by atoms with E-state index >= 15 is 0 Å². The Bertz CT molecular complexity index is 809. The maximum atomic E-state index is 12.5. The lowest BCUT2D eigenvalue weighted by Gasteiger charge is -2.37. The molecular formula is C22H30N4O2S. The first-order chi connectivity index (χ1) is 13.9. The standard InChI is InChI=1S/C22H30N4O2S/c1-16-6-4-7-17(2)21(16)24-20(27)14-23-22(28)18(3)26-11-9-25(10-12-26)15-19-8-5-13-29-19/h4-8,13,18H,9-12,14-15H2,1-3H3,(H,23,28)(H,24,27)/t18-/m1/s1. The van der Waals surface area contributed by atoms with Gasteiger partial charge in [0.1, 0.15) is 0 Å². The number of anilines is 1. The van der Waals surface area contributed by atoms with Crippen molar-refractivity contribution in [1.29, 1.82) is 0 Å². The third-order valence-electron chi connectivity index (χ3n) is 5.46. The highest BCUT2D eigenvalue weighted by Gasteiger charge is 2.25. The molecule has 0 spiro atoms. The van der Waals surface area contributed by atoms with Gasteiger partial charge in [-0.2, -0.15) is 0 Å². The molecular weight excluding hydrogens is 384 g/mol. The van der Waals surface area contributed by atoms with E-state index in [0.717, 1.165) is 49.5 Å². The fourth-order valence-electron chi connectivity index (χ4n) is 3.61. The molecule has 0 unspecified atom stereocenters. The highest BCUT2D eigenvalue weighted by molar-refractivity contribution is 7.09. The molecule has 3 rings (SSSR count). The van der Waals surface area contributed by atoms with Gasteiger partial charge in [-0.25, -0.2) is 0 Å². The average molecular weight is 415 g/mol. The predicted molar refractivity (Wildman–Crippen MR) is 118 cm³/mol. The van der Waals surface area contributed by atoms with E-state index in [1.165, 1.54) is 4.88 Å². The van der Waals surface area contributed by atoms with E-state index < -0.39 is 0 Å². The number of thiophene rings is 1. The van der Waals surface area contributed by atoms with Crippen molar-refractivity contribution in [3.63, 3.8) is 0 Å². The molecule has 1 atom stereocenters. The Kier molecular flexibility index (Phi) is 7.41. The molecule has 0 saturated carbocycles. The number of hydrogen-bond acceptors (Lipinski definition) is 5. The zero-order valence-corrected chi connectivity index (χ0v) is 18.2. The molecule has 7 heteroatoms. The van der Waals surface area contributed by atoms with E-state index in [1.807, 2.05) is 39.0 Å². The molecule has 1 fully saturated rings. The fraction of sp³-hybridized carbons (Fsp3) is 0.455. The number of amides is 2. The van der Waals surface area contributed by atoms with Gasteiger partial charge in [0.25, 0.3) is 0 Å². The molecule has 1 aromatic heterocycles. The minimum absolute atomic E-state index is 0.0186. The van der Waals surface area contributed by atoms with Crippen LogP contribution in [0.15, 0.2) is 35.7 Å². The largest absolute Gasteiger partial charge is 0.346 e. The van der Waals surface area contributed by atoms with Crippen molar-refractivity contribution in [2.75, 3.05) is 38.0 Å². The lowest BCUT2D eigenvalue weighted by Crippen LogP contribution is -2.54. The van der Waals surface area contributed by atoms with Crippen LogP contribution in [0.3, 0.4) is 0 Å². The molecule has 6 nitrogen and oxygen atoms in total. The maximum absolute atomic E-state index is 12.5. The van der Waals surface area contributed by atoms with Gasteiger partial charge < -0.3 is 10.6 Å². The van der Waals surface area contributed by atoms with Gasteiger partial charge >= 0.3 is 0 Å². The van der Waals surface area contributed by atoms with E-state index in [1.54, 1.807) is 11.3 Å². The van der Waals surface area contributed by atoms with Crippen molar-refractivity contribution in [2.24, 2.45) is 0 Å². The van der Waals surface area contributed by atoms with Crippen LogP contribution in [-0.4, -0.2) is 60.4 Å². The van der Waals surface area contributed by atoms with Crippen LogP contribution in [0.25, 0.3) is 0 Å². The summed E-state index contributed by atoms with van der Waals surface area (Å²) in [6, 6.07) is 9.88. The average Bonchev–Trinajstić information content (AvgIpc) is 3.22. The summed E-state index contributed by atoms with van der Waals surface area (Å²) in [4.78, 5) is 30.8. The Labute approximate surface area is 176 Å². The number of para-hydroxylation sites is 1. The van der Waals surface area contributed by atoms with Crippen LogP contribution in [0.2, 0.25) is 0 Å². The molecule has 0 aliphatic carbocycles. The number of rotatable bonds is 7. The second kappa shape index (κ2) is 10.0.